The third kappa shape index (κ3) is 3.59. The summed E-state index contributed by atoms with van der Waals surface area (Å²) in [5.41, 5.74) is 6.08. The second-order valence-corrected chi connectivity index (χ2v) is 8.22. The zero-order valence-corrected chi connectivity index (χ0v) is 17.7. The molecule has 0 fully saturated rings. The van der Waals surface area contributed by atoms with Crippen LogP contribution in [0.25, 0.3) is 11.6 Å². The molecule has 0 spiro atoms. The number of carbonyl (C=O) groups excluding carboxylic acids is 1. The summed E-state index contributed by atoms with van der Waals surface area (Å²) in [6.07, 6.45) is 1.76. The fourth-order valence-corrected chi connectivity index (χ4v) is 4.36. The van der Waals surface area contributed by atoms with Crippen LogP contribution in [0.3, 0.4) is 0 Å². The third-order valence-corrected chi connectivity index (χ3v) is 6.00. The number of para-hydroxylation sites is 2. The second kappa shape index (κ2) is 7.76. The van der Waals surface area contributed by atoms with Gasteiger partial charge >= 0.3 is 4.87 Å². The van der Waals surface area contributed by atoms with Gasteiger partial charge in [-0.1, -0.05) is 47.7 Å². The molecule has 0 atom stereocenters. The normalized spacial score (nSPS) is 14.0. The van der Waals surface area contributed by atoms with E-state index in [1.165, 1.54) is 0 Å². The number of aliphatic imine (C=N–C) groups is 1. The first-order valence-corrected chi connectivity index (χ1v) is 10.3. The Morgan fingerprint density at radius 1 is 1.13 bits per heavy atom. The summed E-state index contributed by atoms with van der Waals surface area (Å²) < 4.78 is 1.09. The first-order chi connectivity index (χ1) is 14.3. The van der Waals surface area contributed by atoms with Crippen LogP contribution in [0.5, 0.6) is 5.88 Å². The van der Waals surface area contributed by atoms with E-state index in [0.29, 0.717) is 4.88 Å². The van der Waals surface area contributed by atoms with E-state index in [4.69, 9.17) is 0 Å². The van der Waals surface area contributed by atoms with Crippen molar-refractivity contribution in [3.63, 3.8) is 0 Å². The van der Waals surface area contributed by atoms with Gasteiger partial charge in [0.15, 0.2) is 0 Å². The number of hydrogen-bond donors (Lipinski definition) is 2. The molecule has 3 aromatic rings. The standard InChI is InChI=1S/C23H21N3O3S/c1-13-7-6-8-14(2)21(13)25-20(27)12-26-22(28)19(30-23(26)29)11-17-15(3)24-18-10-5-4-9-16(17)18/h4-11,28H,12H2,1-3H3,(H,25,27). The second-order valence-electron chi connectivity index (χ2n) is 7.23. The van der Waals surface area contributed by atoms with Crippen LogP contribution in [0, 0.1) is 13.8 Å². The Kier molecular flexibility index (Phi) is 5.13. The molecule has 0 unspecified atom stereocenters. The van der Waals surface area contributed by atoms with Crippen LogP contribution in [0.1, 0.15) is 28.5 Å². The van der Waals surface area contributed by atoms with Crippen LogP contribution in [0.2, 0.25) is 0 Å². The molecule has 2 aromatic carbocycles. The predicted molar refractivity (Wildman–Crippen MR) is 122 cm³/mol. The van der Waals surface area contributed by atoms with Crippen LogP contribution in [-0.4, -0.2) is 21.3 Å². The van der Waals surface area contributed by atoms with E-state index < -0.39 is 4.87 Å². The third-order valence-electron chi connectivity index (χ3n) is 5.09. The number of anilines is 1. The van der Waals surface area contributed by atoms with Crippen molar-refractivity contribution in [3.05, 3.63) is 73.7 Å². The molecule has 2 heterocycles. The lowest BCUT2D eigenvalue weighted by Gasteiger charge is -2.11. The Hall–Kier alpha value is -3.45. The van der Waals surface area contributed by atoms with Gasteiger partial charge in [-0.2, -0.15) is 0 Å². The van der Waals surface area contributed by atoms with Gasteiger partial charge in [-0.05, 0) is 44.0 Å². The van der Waals surface area contributed by atoms with Crippen LogP contribution < -0.4 is 10.2 Å². The van der Waals surface area contributed by atoms with E-state index in [2.05, 4.69) is 10.3 Å². The number of aromatic nitrogens is 1. The molecule has 6 nitrogen and oxygen atoms in total. The number of benzene rings is 2. The highest BCUT2D eigenvalue weighted by Crippen LogP contribution is 2.37. The van der Waals surface area contributed by atoms with Crippen molar-refractivity contribution < 1.29 is 9.90 Å². The number of hydrogen-bond acceptors (Lipinski definition) is 5. The van der Waals surface area contributed by atoms with Crippen molar-refractivity contribution in [2.75, 3.05) is 5.32 Å². The average molecular weight is 420 g/mol. The van der Waals surface area contributed by atoms with Crippen LogP contribution >= 0.6 is 11.3 Å². The maximum Gasteiger partial charge on any atom is 0.311 e. The van der Waals surface area contributed by atoms with Crippen LogP contribution in [0.15, 0.2) is 52.3 Å². The molecule has 0 saturated heterocycles. The van der Waals surface area contributed by atoms with Crippen molar-refractivity contribution in [1.82, 2.24) is 4.57 Å². The summed E-state index contributed by atoms with van der Waals surface area (Å²) in [5, 5.41) is 13.5. The summed E-state index contributed by atoms with van der Waals surface area (Å²) in [5.74, 6) is -0.586. The highest BCUT2D eigenvalue weighted by atomic mass is 32.1. The molecule has 0 bridgehead atoms. The number of rotatable bonds is 4. The Morgan fingerprint density at radius 3 is 2.57 bits per heavy atom. The summed E-state index contributed by atoms with van der Waals surface area (Å²) in [6, 6.07) is 13.4. The van der Waals surface area contributed by atoms with Crippen molar-refractivity contribution in [2.24, 2.45) is 4.99 Å². The van der Waals surface area contributed by atoms with Crippen molar-refractivity contribution in [3.8, 4) is 5.88 Å². The number of allylic oxidation sites excluding steroid dienone is 1. The number of carbonyl (C=O) groups is 1. The molecule has 7 heteroatoms. The largest absolute Gasteiger partial charge is 0.493 e. The Bertz CT molecular complexity index is 1260. The lowest BCUT2D eigenvalue weighted by molar-refractivity contribution is -0.116. The van der Waals surface area contributed by atoms with Crippen molar-refractivity contribution in [2.45, 2.75) is 27.3 Å². The summed E-state index contributed by atoms with van der Waals surface area (Å²) in [6.45, 7) is 5.44. The average Bonchev–Trinajstić information content (AvgIpc) is 3.16. The first-order valence-electron chi connectivity index (χ1n) is 9.50. The number of nitrogens with one attached hydrogen (secondary N) is 1. The highest BCUT2D eigenvalue weighted by Gasteiger charge is 2.21. The van der Waals surface area contributed by atoms with Gasteiger partial charge in [-0.25, -0.2) is 0 Å². The Balaban J connectivity index is 1.61. The molecule has 4 rings (SSSR count). The smallest absolute Gasteiger partial charge is 0.311 e. The minimum Gasteiger partial charge on any atom is -0.493 e. The van der Waals surface area contributed by atoms with Gasteiger partial charge in [-0.15, -0.1) is 0 Å². The molecule has 0 aliphatic carbocycles. The van der Waals surface area contributed by atoms with Gasteiger partial charge in [0, 0.05) is 22.5 Å². The van der Waals surface area contributed by atoms with Gasteiger partial charge in [0.1, 0.15) is 6.54 Å². The van der Waals surface area contributed by atoms with E-state index in [9.17, 15) is 14.7 Å². The molecular formula is C23H21N3O3S. The molecular weight excluding hydrogens is 398 g/mol. The molecule has 1 aliphatic rings. The number of amides is 1. The lowest BCUT2D eigenvalue weighted by Crippen LogP contribution is -2.24. The zero-order valence-electron chi connectivity index (χ0n) is 16.9. The van der Waals surface area contributed by atoms with E-state index in [-0.39, 0.29) is 18.3 Å². The quantitative estimate of drug-likeness (QED) is 0.652. The molecule has 0 saturated carbocycles. The maximum absolute atomic E-state index is 12.5. The topological polar surface area (TPSA) is 83.7 Å². The molecule has 2 N–H and O–H groups in total. The molecule has 1 aromatic heterocycles. The van der Waals surface area contributed by atoms with Crippen molar-refractivity contribution in [1.29, 1.82) is 0 Å². The fourth-order valence-electron chi connectivity index (χ4n) is 3.53. The lowest BCUT2D eigenvalue weighted by atomic mass is 10.0. The minimum atomic E-state index is -0.392. The monoisotopic (exact) mass is 419 g/mol. The molecule has 1 aliphatic heterocycles. The first kappa shape index (κ1) is 19.8. The SMILES string of the molecule is CC1=Nc2ccccc2C1=Cc1sc(=O)n(CC(=O)Nc2c(C)cccc2C)c1O. The number of aromatic hydroxyl groups is 1. The van der Waals surface area contributed by atoms with Gasteiger partial charge in [0.25, 0.3) is 0 Å². The summed E-state index contributed by atoms with van der Waals surface area (Å²) >= 11 is 0.905. The maximum atomic E-state index is 12.5. The Labute approximate surface area is 177 Å². The molecule has 0 radical (unpaired) electrons. The highest BCUT2D eigenvalue weighted by molar-refractivity contribution is 7.10. The van der Waals surface area contributed by atoms with E-state index in [0.717, 1.165) is 55.3 Å². The number of thiazole rings is 1. The van der Waals surface area contributed by atoms with E-state index >= 15 is 0 Å². The molecule has 152 valence electrons. The van der Waals surface area contributed by atoms with E-state index in [1.807, 2.05) is 63.2 Å². The zero-order chi connectivity index (χ0) is 21.4. The summed E-state index contributed by atoms with van der Waals surface area (Å²) in [7, 11) is 0. The molecule has 30 heavy (non-hydrogen) atoms. The number of fused-ring (bicyclic) bond motifs is 1. The van der Waals surface area contributed by atoms with Crippen LogP contribution in [0.4, 0.5) is 11.4 Å². The van der Waals surface area contributed by atoms with Crippen LogP contribution in [-0.2, 0) is 11.3 Å². The van der Waals surface area contributed by atoms with Gasteiger partial charge in [-0.3, -0.25) is 19.1 Å². The van der Waals surface area contributed by atoms with Gasteiger partial charge < -0.3 is 10.4 Å². The predicted octanol–water partition coefficient (Wildman–Crippen LogP) is 4.52. The molecule has 1 amide bonds. The van der Waals surface area contributed by atoms with Gasteiger partial charge in [0.05, 0.1) is 10.6 Å². The number of aryl methyl sites for hydroxylation is 2. The van der Waals surface area contributed by atoms with Crippen molar-refractivity contribution >= 4 is 46.0 Å². The Morgan fingerprint density at radius 2 is 1.83 bits per heavy atom. The minimum absolute atomic E-state index is 0.216. The summed E-state index contributed by atoms with van der Waals surface area (Å²) in [4.78, 5) is 29.5. The van der Waals surface area contributed by atoms with E-state index in [1.54, 1.807) is 6.08 Å². The number of nitrogens with zero attached hydrogens (tertiary/aromatic N) is 2. The van der Waals surface area contributed by atoms with Gasteiger partial charge in [0.2, 0.25) is 11.8 Å². The fraction of sp³-hybridized carbons (Fsp3) is 0.174.